The molecule has 8 heteroatoms. The van der Waals surface area contributed by atoms with E-state index in [1.165, 1.54) is 12.1 Å². The number of amides is 1. The van der Waals surface area contributed by atoms with E-state index in [1.807, 2.05) is 31.2 Å². The quantitative estimate of drug-likeness (QED) is 0.569. The number of anilines is 2. The van der Waals surface area contributed by atoms with E-state index in [4.69, 9.17) is 4.42 Å². The number of para-hydroxylation sites is 2. The molecule has 2 aromatic carbocycles. The van der Waals surface area contributed by atoms with Crippen molar-refractivity contribution in [3.63, 3.8) is 0 Å². The van der Waals surface area contributed by atoms with Gasteiger partial charge in [0.15, 0.2) is 11.7 Å². The Morgan fingerprint density at radius 2 is 1.76 bits per heavy atom. The Morgan fingerprint density at radius 1 is 1.07 bits per heavy atom. The van der Waals surface area contributed by atoms with Crippen molar-refractivity contribution in [1.29, 1.82) is 0 Å². The smallest absolute Gasteiger partial charge is 0.405 e. The Bertz CT molecular complexity index is 966. The van der Waals surface area contributed by atoms with Crippen LogP contribution in [0.4, 0.5) is 24.5 Å². The number of aryl methyl sites for hydroxylation is 2. The van der Waals surface area contributed by atoms with Crippen molar-refractivity contribution in [3.05, 3.63) is 66.2 Å². The van der Waals surface area contributed by atoms with E-state index in [9.17, 15) is 18.0 Å². The van der Waals surface area contributed by atoms with Crippen LogP contribution in [-0.4, -0.2) is 23.6 Å². The molecule has 0 spiro atoms. The molecule has 1 heterocycles. The molecule has 5 nitrogen and oxygen atoms in total. The van der Waals surface area contributed by atoms with Gasteiger partial charge in [-0.05, 0) is 19.1 Å². The standard InChI is InChI=1S/C21H20F3N3O2/c1-14-6-8-15(9-7-14)18-12-25-20(29-18)11-10-19(28)27-17-5-3-2-4-16(17)26-13-21(22,23)24/h2-9,12,26H,10-11,13H2,1H3,(H,27,28). The molecule has 0 unspecified atom stereocenters. The van der Waals surface area contributed by atoms with Crippen molar-refractivity contribution in [3.8, 4) is 11.3 Å². The molecular weight excluding hydrogens is 383 g/mol. The van der Waals surface area contributed by atoms with Crippen molar-refractivity contribution in [2.45, 2.75) is 25.9 Å². The van der Waals surface area contributed by atoms with Gasteiger partial charge in [-0.15, -0.1) is 0 Å². The minimum atomic E-state index is -4.35. The van der Waals surface area contributed by atoms with Gasteiger partial charge in [-0.2, -0.15) is 13.2 Å². The number of rotatable bonds is 7. The zero-order chi connectivity index (χ0) is 20.9. The lowest BCUT2D eigenvalue weighted by Gasteiger charge is -2.14. The maximum atomic E-state index is 12.4. The number of halogens is 3. The van der Waals surface area contributed by atoms with Crippen LogP contribution < -0.4 is 10.6 Å². The molecule has 0 aliphatic carbocycles. The van der Waals surface area contributed by atoms with Crippen LogP contribution in [0.25, 0.3) is 11.3 Å². The molecule has 0 radical (unpaired) electrons. The van der Waals surface area contributed by atoms with Gasteiger partial charge in [-0.3, -0.25) is 4.79 Å². The summed E-state index contributed by atoms with van der Waals surface area (Å²) in [6.07, 6.45) is -2.39. The van der Waals surface area contributed by atoms with E-state index in [-0.39, 0.29) is 30.1 Å². The van der Waals surface area contributed by atoms with Crippen molar-refractivity contribution in [2.24, 2.45) is 0 Å². The number of carbonyl (C=O) groups excluding carboxylic acids is 1. The van der Waals surface area contributed by atoms with E-state index < -0.39 is 12.7 Å². The van der Waals surface area contributed by atoms with Crippen molar-refractivity contribution < 1.29 is 22.4 Å². The van der Waals surface area contributed by atoms with Crippen LogP contribution in [0.1, 0.15) is 17.9 Å². The highest BCUT2D eigenvalue weighted by Gasteiger charge is 2.27. The van der Waals surface area contributed by atoms with Crippen molar-refractivity contribution in [1.82, 2.24) is 4.98 Å². The second kappa shape index (κ2) is 8.81. The fourth-order valence-electron chi connectivity index (χ4n) is 2.65. The van der Waals surface area contributed by atoms with Crippen LogP contribution in [0.2, 0.25) is 0 Å². The Labute approximate surface area is 166 Å². The number of hydrogen-bond acceptors (Lipinski definition) is 4. The van der Waals surface area contributed by atoms with Gasteiger partial charge in [0.1, 0.15) is 6.54 Å². The molecule has 0 aliphatic rings. The Kier molecular flexibility index (Phi) is 6.21. The van der Waals surface area contributed by atoms with Crippen molar-refractivity contribution >= 4 is 17.3 Å². The van der Waals surface area contributed by atoms with E-state index in [0.29, 0.717) is 11.7 Å². The maximum Gasteiger partial charge on any atom is 0.405 e. The summed E-state index contributed by atoms with van der Waals surface area (Å²) in [6.45, 7) is 0.809. The second-order valence-corrected chi connectivity index (χ2v) is 6.55. The minimum absolute atomic E-state index is 0.0848. The summed E-state index contributed by atoms with van der Waals surface area (Å²) in [5.74, 6) is 0.683. The lowest BCUT2D eigenvalue weighted by atomic mass is 10.1. The summed E-state index contributed by atoms with van der Waals surface area (Å²) in [5.41, 5.74) is 2.52. The summed E-state index contributed by atoms with van der Waals surface area (Å²) in [6, 6.07) is 14.0. The average molecular weight is 403 g/mol. The lowest BCUT2D eigenvalue weighted by molar-refractivity contribution is -0.116. The topological polar surface area (TPSA) is 67.2 Å². The second-order valence-electron chi connectivity index (χ2n) is 6.55. The normalized spacial score (nSPS) is 11.3. The van der Waals surface area contributed by atoms with Gasteiger partial charge in [0.2, 0.25) is 5.91 Å². The number of carbonyl (C=O) groups is 1. The largest absolute Gasteiger partial charge is 0.441 e. The van der Waals surface area contributed by atoms with Gasteiger partial charge in [-0.25, -0.2) is 4.98 Å². The molecule has 0 saturated heterocycles. The van der Waals surface area contributed by atoms with Crippen LogP contribution in [0.3, 0.4) is 0 Å². The Hall–Kier alpha value is -3.29. The molecule has 0 saturated carbocycles. The zero-order valence-corrected chi connectivity index (χ0v) is 15.7. The van der Waals surface area contributed by atoms with E-state index in [2.05, 4.69) is 15.6 Å². The third kappa shape index (κ3) is 6.10. The molecule has 0 aliphatic heterocycles. The molecular formula is C21H20F3N3O2. The summed E-state index contributed by atoms with van der Waals surface area (Å²) in [7, 11) is 0. The molecule has 0 bridgehead atoms. The van der Waals surface area contributed by atoms with Gasteiger partial charge >= 0.3 is 6.18 Å². The first-order chi connectivity index (χ1) is 13.8. The van der Waals surface area contributed by atoms with Gasteiger partial charge in [-0.1, -0.05) is 42.0 Å². The number of nitrogens with zero attached hydrogens (tertiary/aromatic N) is 1. The molecule has 29 heavy (non-hydrogen) atoms. The number of oxazole rings is 1. The molecule has 1 amide bonds. The molecule has 0 fully saturated rings. The third-order valence-corrected chi connectivity index (χ3v) is 4.14. The average Bonchev–Trinajstić information content (AvgIpc) is 3.15. The first kappa shape index (κ1) is 20.4. The third-order valence-electron chi connectivity index (χ3n) is 4.14. The molecule has 152 valence electrons. The Balaban J connectivity index is 1.56. The van der Waals surface area contributed by atoms with Crippen molar-refractivity contribution in [2.75, 3.05) is 17.2 Å². The van der Waals surface area contributed by atoms with Crippen LogP contribution in [0.15, 0.2) is 59.1 Å². The van der Waals surface area contributed by atoms with Crippen LogP contribution >= 0.6 is 0 Å². The Morgan fingerprint density at radius 3 is 2.45 bits per heavy atom. The molecule has 0 atom stereocenters. The number of alkyl halides is 3. The van der Waals surface area contributed by atoms with E-state index in [0.717, 1.165) is 11.1 Å². The van der Waals surface area contributed by atoms with Gasteiger partial charge in [0, 0.05) is 18.4 Å². The highest BCUT2D eigenvalue weighted by atomic mass is 19.4. The van der Waals surface area contributed by atoms with Crippen LogP contribution in [-0.2, 0) is 11.2 Å². The predicted molar refractivity (Wildman–Crippen MR) is 105 cm³/mol. The SMILES string of the molecule is Cc1ccc(-c2cnc(CCC(=O)Nc3ccccc3NCC(F)(F)F)o2)cc1. The molecule has 3 rings (SSSR count). The molecule has 3 aromatic rings. The fourth-order valence-corrected chi connectivity index (χ4v) is 2.65. The first-order valence-corrected chi connectivity index (χ1v) is 9.01. The zero-order valence-electron chi connectivity index (χ0n) is 15.7. The first-order valence-electron chi connectivity index (χ1n) is 9.01. The van der Waals surface area contributed by atoms with Gasteiger partial charge < -0.3 is 15.1 Å². The van der Waals surface area contributed by atoms with E-state index >= 15 is 0 Å². The summed E-state index contributed by atoms with van der Waals surface area (Å²) < 4.78 is 42.9. The summed E-state index contributed by atoms with van der Waals surface area (Å²) >= 11 is 0. The number of benzene rings is 2. The fraction of sp³-hybridized carbons (Fsp3) is 0.238. The van der Waals surface area contributed by atoms with Crippen LogP contribution in [0.5, 0.6) is 0 Å². The summed E-state index contributed by atoms with van der Waals surface area (Å²) in [5, 5.41) is 4.91. The molecule has 1 aromatic heterocycles. The highest BCUT2D eigenvalue weighted by molar-refractivity contribution is 5.94. The van der Waals surface area contributed by atoms with E-state index in [1.54, 1.807) is 18.3 Å². The van der Waals surface area contributed by atoms with Gasteiger partial charge in [0.25, 0.3) is 0 Å². The maximum absolute atomic E-state index is 12.4. The highest BCUT2D eigenvalue weighted by Crippen LogP contribution is 2.24. The minimum Gasteiger partial charge on any atom is -0.441 e. The van der Waals surface area contributed by atoms with Gasteiger partial charge in [0.05, 0.1) is 17.6 Å². The van der Waals surface area contributed by atoms with Crippen LogP contribution in [0, 0.1) is 6.92 Å². The predicted octanol–water partition coefficient (Wildman–Crippen LogP) is 5.20. The number of aromatic nitrogens is 1. The number of nitrogens with one attached hydrogen (secondary N) is 2. The monoisotopic (exact) mass is 403 g/mol. The summed E-state index contributed by atoms with van der Waals surface area (Å²) in [4.78, 5) is 16.4. The lowest BCUT2D eigenvalue weighted by Crippen LogP contribution is -2.22. The number of hydrogen-bond donors (Lipinski definition) is 2. The molecule has 2 N–H and O–H groups in total.